The van der Waals surface area contributed by atoms with Gasteiger partial charge in [0.15, 0.2) is 16.6 Å². The SMILES string of the molecule is CC(C)Oc1ccc(-c2ccc(C(=O)NS(=O)(=O)c3ccc(OCc4ccccc4)c(N)n3)c(C3[C@H](C)CC[C@@H]3C)n2)cn1.[HH].[HH]. The highest BCUT2D eigenvalue weighted by molar-refractivity contribution is 7.90. The lowest BCUT2D eigenvalue weighted by Gasteiger charge is -2.23. The second-order valence-electron chi connectivity index (χ2n) is 11.5. The van der Waals surface area contributed by atoms with Crippen molar-refractivity contribution in [1.29, 1.82) is 0 Å². The van der Waals surface area contributed by atoms with Crippen LogP contribution in [-0.4, -0.2) is 35.4 Å². The minimum Gasteiger partial charge on any atom is -0.485 e. The molecule has 0 spiro atoms. The third kappa shape index (κ3) is 6.99. The Balaban J connectivity index is 0.00000288. The second kappa shape index (κ2) is 13.0. The molecule has 3 atom stereocenters. The molecule has 1 aromatic carbocycles. The highest BCUT2D eigenvalue weighted by atomic mass is 32.2. The zero-order chi connectivity index (χ0) is 31.4. The molecule has 5 rings (SSSR count). The zero-order valence-corrected chi connectivity index (χ0v) is 26.0. The molecule has 1 amide bonds. The van der Waals surface area contributed by atoms with Crippen LogP contribution in [0.1, 0.15) is 70.9 Å². The fourth-order valence-corrected chi connectivity index (χ4v) is 6.51. The maximum atomic E-state index is 13.6. The van der Waals surface area contributed by atoms with E-state index >= 15 is 0 Å². The molecule has 0 bridgehead atoms. The van der Waals surface area contributed by atoms with Crippen molar-refractivity contribution < 1.29 is 25.5 Å². The number of nitrogens with zero attached hydrogens (tertiary/aromatic N) is 3. The van der Waals surface area contributed by atoms with Gasteiger partial charge in [-0.15, -0.1) is 0 Å². The number of nitrogen functional groups attached to an aromatic ring is 1. The van der Waals surface area contributed by atoms with Crippen LogP contribution in [0, 0.1) is 11.8 Å². The van der Waals surface area contributed by atoms with Crippen molar-refractivity contribution >= 4 is 21.7 Å². The van der Waals surface area contributed by atoms with Gasteiger partial charge in [0.05, 0.1) is 23.1 Å². The maximum absolute atomic E-state index is 13.6. The van der Waals surface area contributed by atoms with E-state index in [1.807, 2.05) is 50.2 Å². The molecule has 0 saturated heterocycles. The van der Waals surface area contributed by atoms with E-state index in [-0.39, 0.29) is 55.5 Å². The molecule has 3 N–H and O–H groups in total. The smallest absolute Gasteiger partial charge is 0.281 e. The van der Waals surface area contributed by atoms with Gasteiger partial charge in [0.2, 0.25) is 5.88 Å². The number of pyridine rings is 3. The van der Waals surface area contributed by atoms with Crippen molar-refractivity contribution in [1.82, 2.24) is 19.7 Å². The summed E-state index contributed by atoms with van der Waals surface area (Å²) in [5.74, 6) is 0.368. The molecule has 1 saturated carbocycles. The molecular formula is C33H41N5O5S. The number of carbonyl (C=O) groups excluding carboxylic acids is 1. The first kappa shape index (κ1) is 30.9. The van der Waals surface area contributed by atoms with Gasteiger partial charge in [0.25, 0.3) is 15.9 Å². The van der Waals surface area contributed by atoms with Crippen LogP contribution in [0.15, 0.2) is 78.0 Å². The molecule has 1 aliphatic carbocycles. The summed E-state index contributed by atoms with van der Waals surface area (Å²) in [5.41, 5.74) is 9.11. The van der Waals surface area contributed by atoms with Crippen LogP contribution in [0.25, 0.3) is 11.3 Å². The Bertz CT molecular complexity index is 1730. The summed E-state index contributed by atoms with van der Waals surface area (Å²) in [6, 6.07) is 19.1. The Morgan fingerprint density at radius 3 is 2.36 bits per heavy atom. The van der Waals surface area contributed by atoms with Crippen LogP contribution < -0.4 is 19.9 Å². The van der Waals surface area contributed by atoms with Crippen molar-refractivity contribution in [2.45, 2.75) is 64.2 Å². The molecule has 1 aliphatic rings. The van der Waals surface area contributed by atoms with Crippen molar-refractivity contribution in [3.05, 3.63) is 89.7 Å². The molecule has 44 heavy (non-hydrogen) atoms. The first-order valence-corrected chi connectivity index (χ1v) is 16.1. The molecule has 1 fully saturated rings. The quantitative estimate of drug-likeness (QED) is 0.210. The van der Waals surface area contributed by atoms with E-state index in [0.29, 0.717) is 17.3 Å². The van der Waals surface area contributed by atoms with Gasteiger partial charge in [0, 0.05) is 26.6 Å². The molecule has 3 aromatic heterocycles. The van der Waals surface area contributed by atoms with Gasteiger partial charge in [-0.2, -0.15) is 8.42 Å². The number of carbonyl (C=O) groups is 1. The number of hydrogen-bond donors (Lipinski definition) is 2. The molecule has 0 radical (unpaired) electrons. The molecule has 1 unspecified atom stereocenters. The monoisotopic (exact) mass is 619 g/mol. The van der Waals surface area contributed by atoms with Crippen LogP contribution in [-0.2, 0) is 16.6 Å². The van der Waals surface area contributed by atoms with Gasteiger partial charge in [0.1, 0.15) is 6.61 Å². The van der Waals surface area contributed by atoms with Gasteiger partial charge >= 0.3 is 0 Å². The lowest BCUT2D eigenvalue weighted by atomic mass is 9.85. The first-order valence-electron chi connectivity index (χ1n) is 14.7. The van der Waals surface area contributed by atoms with E-state index in [1.54, 1.807) is 24.4 Å². The van der Waals surface area contributed by atoms with Crippen LogP contribution in [0.4, 0.5) is 5.82 Å². The fraction of sp³-hybridized carbons (Fsp3) is 0.333. The number of anilines is 1. The summed E-state index contributed by atoms with van der Waals surface area (Å²) in [6.45, 7) is 8.37. The zero-order valence-electron chi connectivity index (χ0n) is 25.2. The van der Waals surface area contributed by atoms with Gasteiger partial charge < -0.3 is 15.2 Å². The molecule has 10 nitrogen and oxygen atoms in total. The Labute approximate surface area is 261 Å². The molecule has 3 heterocycles. The largest absolute Gasteiger partial charge is 0.485 e. The van der Waals surface area contributed by atoms with Gasteiger partial charge in [-0.25, -0.2) is 14.7 Å². The van der Waals surface area contributed by atoms with Crippen molar-refractivity contribution in [2.75, 3.05) is 5.73 Å². The third-order valence-corrected chi connectivity index (χ3v) is 9.01. The Hall–Kier alpha value is -4.51. The lowest BCUT2D eigenvalue weighted by molar-refractivity contribution is 0.0979. The van der Waals surface area contributed by atoms with E-state index in [1.165, 1.54) is 12.1 Å². The maximum Gasteiger partial charge on any atom is 0.281 e. The standard InChI is InChI=1S/C33H37N5O5S.2H2/c1-20(2)43-28-16-12-24(18-35-28)26-14-13-25(31(36-26)30-21(3)10-11-22(30)4)33(39)38-44(40,41)29-17-15-27(32(34)37-29)42-19-23-8-6-5-7-9-23;;/h5-9,12-18,20-22,30H,10-11,19H2,1-4H3,(H2,34,37)(H,38,39);2*1H/t21-,22+,30?;;. The van der Waals surface area contributed by atoms with Crippen molar-refractivity contribution in [3.63, 3.8) is 0 Å². The molecule has 11 heteroatoms. The van der Waals surface area contributed by atoms with E-state index in [9.17, 15) is 13.2 Å². The van der Waals surface area contributed by atoms with E-state index in [0.717, 1.165) is 24.0 Å². The number of aromatic nitrogens is 3. The predicted octanol–water partition coefficient (Wildman–Crippen LogP) is 6.25. The minimum absolute atomic E-state index is 0. The number of ether oxygens (including phenoxy) is 2. The second-order valence-corrected chi connectivity index (χ2v) is 13.1. The highest BCUT2D eigenvalue weighted by Gasteiger charge is 2.36. The molecular weight excluding hydrogens is 578 g/mol. The van der Waals surface area contributed by atoms with E-state index in [2.05, 4.69) is 28.5 Å². The molecule has 0 aliphatic heterocycles. The average molecular weight is 620 g/mol. The Morgan fingerprint density at radius 1 is 1.00 bits per heavy atom. The summed E-state index contributed by atoms with van der Waals surface area (Å²) in [4.78, 5) is 26.9. The third-order valence-electron chi connectivity index (χ3n) is 7.78. The van der Waals surface area contributed by atoms with Crippen LogP contribution in [0.5, 0.6) is 11.6 Å². The van der Waals surface area contributed by atoms with Gasteiger partial charge in [-0.1, -0.05) is 44.2 Å². The van der Waals surface area contributed by atoms with Gasteiger partial charge in [-0.3, -0.25) is 9.78 Å². The number of hydrogen-bond acceptors (Lipinski definition) is 9. The Morgan fingerprint density at radius 2 is 1.73 bits per heavy atom. The Kier molecular flexibility index (Phi) is 9.14. The van der Waals surface area contributed by atoms with Gasteiger partial charge in [-0.05, 0) is 74.4 Å². The summed E-state index contributed by atoms with van der Waals surface area (Å²) < 4.78 is 40.1. The summed E-state index contributed by atoms with van der Waals surface area (Å²) in [6.07, 6.45) is 3.65. The molecule has 4 aromatic rings. The fourth-order valence-electron chi connectivity index (χ4n) is 5.59. The van der Waals surface area contributed by atoms with Crippen LogP contribution in [0.2, 0.25) is 0 Å². The van der Waals surface area contributed by atoms with Crippen LogP contribution >= 0.6 is 0 Å². The number of rotatable bonds is 10. The lowest BCUT2D eigenvalue weighted by Crippen LogP contribution is -2.33. The number of benzene rings is 1. The number of amides is 1. The first-order chi connectivity index (χ1) is 21.0. The topological polar surface area (TPSA) is 146 Å². The average Bonchev–Trinajstić information content (AvgIpc) is 3.33. The predicted molar refractivity (Wildman–Crippen MR) is 172 cm³/mol. The van der Waals surface area contributed by atoms with E-state index < -0.39 is 15.9 Å². The van der Waals surface area contributed by atoms with Crippen LogP contribution in [0.3, 0.4) is 0 Å². The number of sulfonamides is 1. The summed E-state index contributed by atoms with van der Waals surface area (Å²) in [5, 5.41) is -0.390. The molecule has 234 valence electrons. The van der Waals surface area contributed by atoms with Crippen molar-refractivity contribution in [2.24, 2.45) is 11.8 Å². The number of nitrogens with two attached hydrogens (primary N) is 1. The summed E-state index contributed by atoms with van der Waals surface area (Å²) >= 11 is 0. The van der Waals surface area contributed by atoms with Crippen molar-refractivity contribution in [3.8, 4) is 22.9 Å². The van der Waals surface area contributed by atoms with E-state index in [4.69, 9.17) is 20.2 Å². The minimum atomic E-state index is -4.36. The number of nitrogens with one attached hydrogen (secondary N) is 1. The summed E-state index contributed by atoms with van der Waals surface area (Å²) in [7, 11) is -4.36. The normalized spacial score (nSPS) is 18.2. The highest BCUT2D eigenvalue weighted by Crippen LogP contribution is 2.44.